The Labute approximate surface area is 212 Å². The minimum atomic E-state index is -0.857. The Morgan fingerprint density at radius 3 is 2.46 bits per heavy atom. The van der Waals surface area contributed by atoms with Gasteiger partial charge in [-0.1, -0.05) is 37.3 Å². The van der Waals surface area contributed by atoms with E-state index in [0.29, 0.717) is 29.2 Å². The van der Waals surface area contributed by atoms with E-state index < -0.39 is 22.8 Å². The molecule has 0 radical (unpaired) electrons. The molecule has 1 fully saturated rings. The average molecular weight is 501 g/mol. The Balaban J connectivity index is 1.58. The SMILES string of the molecule is CCCOc1ccc(N2C(=O)NC(=O)/C(=C/c3ccccc3OCc3cccc([N+](=O)[O-])c3)C2=O)cc1. The minimum absolute atomic E-state index is 0.0269. The van der Waals surface area contributed by atoms with Crippen LogP contribution < -0.4 is 19.7 Å². The summed E-state index contributed by atoms with van der Waals surface area (Å²) in [6.07, 6.45) is 2.18. The minimum Gasteiger partial charge on any atom is -0.494 e. The van der Waals surface area contributed by atoms with Crippen molar-refractivity contribution in [1.29, 1.82) is 0 Å². The molecule has 188 valence electrons. The Hall–Kier alpha value is -4.99. The molecule has 1 aliphatic heterocycles. The molecule has 1 N–H and O–H groups in total. The number of rotatable bonds is 9. The first kappa shape index (κ1) is 25.1. The summed E-state index contributed by atoms with van der Waals surface area (Å²) in [5.74, 6) is -0.674. The number of nitrogens with one attached hydrogen (secondary N) is 1. The molecule has 0 spiro atoms. The molecule has 1 saturated heterocycles. The highest BCUT2D eigenvalue weighted by molar-refractivity contribution is 6.39. The summed E-state index contributed by atoms with van der Waals surface area (Å²) in [6.45, 7) is 2.54. The van der Waals surface area contributed by atoms with Gasteiger partial charge in [-0.05, 0) is 48.4 Å². The average Bonchev–Trinajstić information content (AvgIpc) is 2.90. The van der Waals surface area contributed by atoms with Crippen molar-refractivity contribution in [2.24, 2.45) is 0 Å². The number of barbiturate groups is 1. The number of nitro groups is 1. The van der Waals surface area contributed by atoms with Gasteiger partial charge in [-0.3, -0.25) is 25.0 Å². The van der Waals surface area contributed by atoms with Crippen molar-refractivity contribution in [2.75, 3.05) is 11.5 Å². The smallest absolute Gasteiger partial charge is 0.335 e. The molecular formula is C27H23N3O7. The van der Waals surface area contributed by atoms with Gasteiger partial charge in [0.15, 0.2) is 0 Å². The van der Waals surface area contributed by atoms with Crippen LogP contribution in [0, 0.1) is 10.1 Å². The second kappa shape index (κ2) is 11.2. The zero-order valence-corrected chi connectivity index (χ0v) is 19.9. The number of non-ortho nitro benzene ring substituents is 1. The molecule has 0 aromatic heterocycles. The molecule has 3 aromatic rings. The molecule has 0 saturated carbocycles. The fourth-order valence-electron chi connectivity index (χ4n) is 3.61. The van der Waals surface area contributed by atoms with Crippen LogP contribution in [0.2, 0.25) is 0 Å². The van der Waals surface area contributed by atoms with Gasteiger partial charge in [-0.15, -0.1) is 0 Å². The second-order valence-corrected chi connectivity index (χ2v) is 8.05. The van der Waals surface area contributed by atoms with Crippen LogP contribution in [-0.2, 0) is 16.2 Å². The van der Waals surface area contributed by atoms with E-state index in [-0.39, 0.29) is 23.6 Å². The first-order chi connectivity index (χ1) is 17.9. The normalized spacial score (nSPS) is 14.5. The third-order valence-electron chi connectivity index (χ3n) is 5.40. The summed E-state index contributed by atoms with van der Waals surface area (Å²) in [7, 11) is 0. The highest BCUT2D eigenvalue weighted by Crippen LogP contribution is 2.27. The van der Waals surface area contributed by atoms with E-state index in [0.717, 1.165) is 11.3 Å². The maximum absolute atomic E-state index is 13.2. The summed E-state index contributed by atoms with van der Waals surface area (Å²) < 4.78 is 11.4. The van der Waals surface area contributed by atoms with Gasteiger partial charge in [-0.2, -0.15) is 0 Å². The lowest BCUT2D eigenvalue weighted by atomic mass is 10.1. The van der Waals surface area contributed by atoms with Crippen LogP contribution in [0.4, 0.5) is 16.2 Å². The lowest BCUT2D eigenvalue weighted by molar-refractivity contribution is -0.384. The number of imide groups is 2. The number of amides is 4. The first-order valence-electron chi connectivity index (χ1n) is 11.5. The number of nitrogens with zero attached hydrogens (tertiary/aromatic N) is 2. The summed E-state index contributed by atoms with van der Waals surface area (Å²) in [5.41, 5.74) is 0.961. The molecule has 1 heterocycles. The van der Waals surface area contributed by atoms with E-state index in [4.69, 9.17) is 9.47 Å². The predicted octanol–water partition coefficient (Wildman–Crippen LogP) is 4.63. The van der Waals surface area contributed by atoms with Crippen molar-refractivity contribution in [3.8, 4) is 11.5 Å². The van der Waals surface area contributed by atoms with E-state index in [9.17, 15) is 24.5 Å². The van der Waals surface area contributed by atoms with Crippen LogP contribution >= 0.6 is 0 Å². The molecule has 4 amide bonds. The van der Waals surface area contributed by atoms with Gasteiger partial charge in [-0.25, -0.2) is 9.69 Å². The van der Waals surface area contributed by atoms with E-state index in [2.05, 4.69) is 5.32 Å². The number of benzene rings is 3. The maximum Gasteiger partial charge on any atom is 0.335 e. The second-order valence-electron chi connectivity index (χ2n) is 8.05. The van der Waals surface area contributed by atoms with Crippen molar-refractivity contribution in [1.82, 2.24) is 5.32 Å². The summed E-state index contributed by atoms with van der Waals surface area (Å²) in [4.78, 5) is 49.8. The molecule has 0 bridgehead atoms. The Kier molecular flexibility index (Phi) is 7.58. The zero-order valence-electron chi connectivity index (χ0n) is 19.9. The van der Waals surface area contributed by atoms with Crippen LogP contribution in [0.1, 0.15) is 24.5 Å². The fraction of sp³-hybridized carbons (Fsp3) is 0.148. The third-order valence-corrected chi connectivity index (χ3v) is 5.40. The van der Waals surface area contributed by atoms with E-state index in [1.807, 2.05) is 6.92 Å². The number of carbonyl (C=O) groups excluding carboxylic acids is 3. The number of anilines is 1. The molecule has 0 atom stereocenters. The van der Waals surface area contributed by atoms with Crippen molar-refractivity contribution in [3.05, 3.63) is 99.6 Å². The fourth-order valence-corrected chi connectivity index (χ4v) is 3.61. The molecule has 10 nitrogen and oxygen atoms in total. The largest absolute Gasteiger partial charge is 0.494 e. The van der Waals surface area contributed by atoms with E-state index in [1.165, 1.54) is 18.2 Å². The lowest BCUT2D eigenvalue weighted by Crippen LogP contribution is -2.54. The van der Waals surface area contributed by atoms with Crippen molar-refractivity contribution < 1.29 is 28.8 Å². The van der Waals surface area contributed by atoms with Gasteiger partial charge in [0, 0.05) is 17.7 Å². The number of hydrogen-bond acceptors (Lipinski definition) is 7. The molecule has 37 heavy (non-hydrogen) atoms. The van der Waals surface area contributed by atoms with Gasteiger partial charge >= 0.3 is 6.03 Å². The van der Waals surface area contributed by atoms with Crippen LogP contribution in [-0.4, -0.2) is 29.4 Å². The van der Waals surface area contributed by atoms with Crippen molar-refractivity contribution in [3.63, 3.8) is 0 Å². The number of para-hydroxylation sites is 1. The summed E-state index contributed by atoms with van der Waals surface area (Å²) in [6, 6.07) is 18.3. The topological polar surface area (TPSA) is 128 Å². The molecular weight excluding hydrogens is 478 g/mol. The number of carbonyl (C=O) groups is 3. The third kappa shape index (κ3) is 5.81. The number of nitro benzene ring substituents is 1. The van der Waals surface area contributed by atoms with Gasteiger partial charge in [0.1, 0.15) is 23.7 Å². The lowest BCUT2D eigenvalue weighted by Gasteiger charge is -2.26. The zero-order chi connectivity index (χ0) is 26.4. The Bertz CT molecular complexity index is 1380. The molecule has 10 heteroatoms. The predicted molar refractivity (Wildman–Crippen MR) is 135 cm³/mol. The quantitative estimate of drug-likeness (QED) is 0.196. The van der Waals surface area contributed by atoms with Gasteiger partial charge in [0.25, 0.3) is 17.5 Å². The van der Waals surface area contributed by atoms with Gasteiger partial charge in [0.05, 0.1) is 17.2 Å². The van der Waals surface area contributed by atoms with E-state index >= 15 is 0 Å². The molecule has 1 aliphatic rings. The first-order valence-corrected chi connectivity index (χ1v) is 11.5. The standard InChI is InChI=1S/C27H23N3O7/c1-2-14-36-22-12-10-20(11-13-22)29-26(32)23(25(31)28-27(29)33)16-19-7-3-4-9-24(19)37-17-18-6-5-8-21(15-18)30(34)35/h3-13,15-16H,2,14,17H2,1H3,(H,28,31,33)/b23-16-. The Morgan fingerprint density at radius 1 is 0.973 bits per heavy atom. The summed E-state index contributed by atoms with van der Waals surface area (Å²) >= 11 is 0. The number of urea groups is 1. The monoisotopic (exact) mass is 501 g/mol. The van der Waals surface area contributed by atoms with Crippen LogP contribution in [0.5, 0.6) is 11.5 Å². The van der Waals surface area contributed by atoms with Crippen molar-refractivity contribution in [2.45, 2.75) is 20.0 Å². The van der Waals surface area contributed by atoms with Crippen LogP contribution in [0.15, 0.2) is 78.4 Å². The molecule has 0 unspecified atom stereocenters. The Morgan fingerprint density at radius 2 is 1.73 bits per heavy atom. The number of hydrogen-bond donors (Lipinski definition) is 1. The summed E-state index contributed by atoms with van der Waals surface area (Å²) in [5, 5.41) is 13.2. The highest BCUT2D eigenvalue weighted by Gasteiger charge is 2.37. The van der Waals surface area contributed by atoms with Crippen LogP contribution in [0.3, 0.4) is 0 Å². The maximum atomic E-state index is 13.2. The van der Waals surface area contributed by atoms with Gasteiger partial charge < -0.3 is 9.47 Å². The molecule has 3 aromatic carbocycles. The molecule has 4 rings (SSSR count). The van der Waals surface area contributed by atoms with Crippen molar-refractivity contribution >= 4 is 35.3 Å². The number of ether oxygens (including phenoxy) is 2. The van der Waals surface area contributed by atoms with Crippen LogP contribution in [0.25, 0.3) is 6.08 Å². The highest BCUT2D eigenvalue weighted by atomic mass is 16.6. The van der Waals surface area contributed by atoms with Gasteiger partial charge in [0.2, 0.25) is 0 Å². The van der Waals surface area contributed by atoms with E-state index in [1.54, 1.807) is 60.7 Å². The molecule has 0 aliphatic carbocycles.